The van der Waals surface area contributed by atoms with Gasteiger partial charge in [-0.2, -0.15) is 0 Å². The molecule has 0 unspecified atom stereocenters. The fourth-order valence-electron chi connectivity index (χ4n) is 4.25. The lowest BCUT2D eigenvalue weighted by molar-refractivity contribution is -0.143. The molecule has 1 atom stereocenters. The summed E-state index contributed by atoms with van der Waals surface area (Å²) in [5, 5.41) is 0.744. The predicted octanol–water partition coefficient (Wildman–Crippen LogP) is 1.75. The minimum absolute atomic E-state index is 0.383. The minimum Gasteiger partial charge on any atom is -0.452 e. The van der Waals surface area contributed by atoms with Crippen LogP contribution in [-0.2, 0) is 27.2 Å². The quantitative estimate of drug-likeness (QED) is 0.813. The van der Waals surface area contributed by atoms with E-state index in [0.717, 1.165) is 54.3 Å². The number of nitrogens with two attached hydrogens (primary N) is 1. The standard InChI is InChI=1S/C21H23N3O4/c22-20(26)17-10-3-4-11-24(17)18(25)12-28-21(27)19-13-6-1-2-8-15(13)23-16-9-5-7-14(16)19/h1-2,6,8,17H,3-5,7,9-12H2,(H2,22,26)/t17-/m1/s1. The summed E-state index contributed by atoms with van der Waals surface area (Å²) < 4.78 is 5.39. The van der Waals surface area contributed by atoms with Gasteiger partial charge in [0.1, 0.15) is 6.04 Å². The van der Waals surface area contributed by atoms with Gasteiger partial charge in [-0.1, -0.05) is 18.2 Å². The van der Waals surface area contributed by atoms with E-state index in [1.54, 1.807) is 0 Å². The van der Waals surface area contributed by atoms with Crippen molar-refractivity contribution >= 4 is 28.7 Å². The number of likely N-dealkylation sites (tertiary alicyclic amines) is 1. The third-order valence-electron chi connectivity index (χ3n) is 5.60. The van der Waals surface area contributed by atoms with Gasteiger partial charge in [0.15, 0.2) is 6.61 Å². The molecule has 2 aliphatic rings. The van der Waals surface area contributed by atoms with Gasteiger partial charge >= 0.3 is 5.97 Å². The summed E-state index contributed by atoms with van der Waals surface area (Å²) in [4.78, 5) is 43.2. The smallest absolute Gasteiger partial charge is 0.339 e. The molecule has 1 saturated heterocycles. The second-order valence-electron chi connectivity index (χ2n) is 7.36. The van der Waals surface area contributed by atoms with Crippen molar-refractivity contribution in [1.29, 1.82) is 0 Å². The van der Waals surface area contributed by atoms with Crippen molar-refractivity contribution < 1.29 is 19.1 Å². The molecule has 1 aliphatic carbocycles. The molecule has 28 heavy (non-hydrogen) atoms. The molecule has 2 amide bonds. The monoisotopic (exact) mass is 381 g/mol. The van der Waals surface area contributed by atoms with Gasteiger partial charge in [0.2, 0.25) is 5.91 Å². The predicted molar refractivity (Wildman–Crippen MR) is 103 cm³/mol. The fraction of sp³-hybridized carbons (Fsp3) is 0.429. The molecule has 1 fully saturated rings. The second-order valence-corrected chi connectivity index (χ2v) is 7.36. The summed E-state index contributed by atoms with van der Waals surface area (Å²) in [7, 11) is 0. The number of aryl methyl sites for hydroxylation is 1. The molecule has 7 nitrogen and oxygen atoms in total. The summed E-state index contributed by atoms with van der Waals surface area (Å²) in [6, 6.07) is 6.85. The second kappa shape index (κ2) is 7.58. The molecule has 2 N–H and O–H groups in total. The van der Waals surface area contributed by atoms with Crippen LogP contribution in [0.1, 0.15) is 47.3 Å². The number of carbonyl (C=O) groups is 3. The van der Waals surface area contributed by atoms with E-state index in [1.165, 1.54) is 4.90 Å². The van der Waals surface area contributed by atoms with Crippen molar-refractivity contribution in [2.24, 2.45) is 5.73 Å². The van der Waals surface area contributed by atoms with Crippen LogP contribution in [0.4, 0.5) is 0 Å². The van der Waals surface area contributed by atoms with Gasteiger partial charge < -0.3 is 15.4 Å². The van der Waals surface area contributed by atoms with Gasteiger partial charge in [0.05, 0.1) is 11.1 Å². The number of piperidine rings is 1. The largest absolute Gasteiger partial charge is 0.452 e. The lowest BCUT2D eigenvalue weighted by Gasteiger charge is -2.33. The zero-order valence-corrected chi connectivity index (χ0v) is 15.6. The molecule has 2 aromatic rings. The minimum atomic E-state index is -0.619. The number of ether oxygens (including phenoxy) is 1. The van der Waals surface area contributed by atoms with Crippen LogP contribution in [0, 0.1) is 0 Å². The number of benzene rings is 1. The average molecular weight is 381 g/mol. The van der Waals surface area contributed by atoms with Crippen molar-refractivity contribution in [3.63, 3.8) is 0 Å². The highest BCUT2D eigenvalue weighted by molar-refractivity contribution is 6.05. The summed E-state index contributed by atoms with van der Waals surface area (Å²) in [6.07, 6.45) is 4.79. The first-order valence-corrected chi connectivity index (χ1v) is 9.72. The maximum absolute atomic E-state index is 12.9. The molecule has 2 heterocycles. The van der Waals surface area contributed by atoms with Gasteiger partial charge in [-0.3, -0.25) is 14.6 Å². The van der Waals surface area contributed by atoms with Crippen LogP contribution in [0.15, 0.2) is 24.3 Å². The van der Waals surface area contributed by atoms with Gasteiger partial charge in [-0.05, 0) is 50.2 Å². The topological polar surface area (TPSA) is 103 Å². The molecule has 0 radical (unpaired) electrons. The third kappa shape index (κ3) is 3.32. The van der Waals surface area contributed by atoms with Crippen LogP contribution in [0.3, 0.4) is 0 Å². The number of hydrogen-bond donors (Lipinski definition) is 1. The van der Waals surface area contributed by atoms with Gasteiger partial charge in [-0.15, -0.1) is 0 Å². The Bertz CT molecular complexity index is 956. The molecular weight excluding hydrogens is 358 g/mol. The Kier molecular flexibility index (Phi) is 4.98. The SMILES string of the molecule is NC(=O)[C@H]1CCCCN1C(=O)COC(=O)c1c2c(nc3ccccc13)CCC2. The molecule has 0 spiro atoms. The van der Waals surface area contributed by atoms with Crippen molar-refractivity contribution in [3.05, 3.63) is 41.1 Å². The first kappa shape index (κ1) is 18.4. The highest BCUT2D eigenvalue weighted by atomic mass is 16.5. The molecule has 0 saturated carbocycles. The van der Waals surface area contributed by atoms with Crippen molar-refractivity contribution in [2.45, 2.75) is 44.6 Å². The van der Waals surface area contributed by atoms with Crippen molar-refractivity contribution in [1.82, 2.24) is 9.88 Å². The summed E-state index contributed by atoms with van der Waals surface area (Å²) in [5.74, 6) is -1.41. The number of rotatable bonds is 4. The number of aromatic nitrogens is 1. The highest BCUT2D eigenvalue weighted by Crippen LogP contribution is 2.30. The van der Waals surface area contributed by atoms with Crippen LogP contribution < -0.4 is 5.73 Å². The van der Waals surface area contributed by atoms with E-state index in [2.05, 4.69) is 4.98 Å². The van der Waals surface area contributed by atoms with Crippen molar-refractivity contribution in [3.8, 4) is 0 Å². The van der Waals surface area contributed by atoms with E-state index < -0.39 is 24.5 Å². The summed E-state index contributed by atoms with van der Waals surface area (Å²) in [6.45, 7) is 0.0611. The molecule has 1 aromatic carbocycles. The van der Waals surface area contributed by atoms with E-state index >= 15 is 0 Å². The van der Waals surface area contributed by atoms with Crippen LogP contribution in [0.5, 0.6) is 0 Å². The first-order chi connectivity index (χ1) is 13.6. The molecule has 146 valence electrons. The number of hydrogen-bond acceptors (Lipinski definition) is 5. The Balaban J connectivity index is 1.55. The number of pyridine rings is 1. The van der Waals surface area contributed by atoms with E-state index in [-0.39, 0.29) is 5.91 Å². The number of para-hydroxylation sites is 1. The number of esters is 1. The van der Waals surface area contributed by atoms with E-state index in [1.807, 2.05) is 24.3 Å². The molecule has 7 heteroatoms. The molecule has 1 aliphatic heterocycles. The Morgan fingerprint density at radius 3 is 2.79 bits per heavy atom. The van der Waals surface area contributed by atoms with Crippen LogP contribution >= 0.6 is 0 Å². The van der Waals surface area contributed by atoms with E-state index in [4.69, 9.17) is 10.5 Å². The maximum Gasteiger partial charge on any atom is 0.339 e. The number of amides is 2. The zero-order valence-electron chi connectivity index (χ0n) is 15.6. The third-order valence-corrected chi connectivity index (χ3v) is 5.60. The zero-order chi connectivity index (χ0) is 19.7. The Morgan fingerprint density at radius 1 is 1.14 bits per heavy atom. The number of primary amides is 1. The normalized spacial score (nSPS) is 18.7. The van der Waals surface area contributed by atoms with E-state index in [9.17, 15) is 14.4 Å². The molecule has 1 aromatic heterocycles. The van der Waals surface area contributed by atoms with Crippen LogP contribution in [-0.4, -0.2) is 46.9 Å². The number of nitrogens with zero attached hydrogens (tertiary/aromatic N) is 2. The maximum atomic E-state index is 12.9. The Labute approximate surface area is 162 Å². The van der Waals surface area contributed by atoms with Gasteiger partial charge in [0.25, 0.3) is 5.91 Å². The van der Waals surface area contributed by atoms with Crippen LogP contribution in [0.2, 0.25) is 0 Å². The number of carbonyl (C=O) groups excluding carboxylic acids is 3. The van der Waals surface area contributed by atoms with Gasteiger partial charge in [0, 0.05) is 17.6 Å². The Hall–Kier alpha value is -2.96. The first-order valence-electron chi connectivity index (χ1n) is 9.72. The summed E-state index contributed by atoms with van der Waals surface area (Å²) in [5.41, 5.74) is 8.54. The highest BCUT2D eigenvalue weighted by Gasteiger charge is 2.31. The van der Waals surface area contributed by atoms with E-state index in [0.29, 0.717) is 18.5 Å². The lowest BCUT2D eigenvalue weighted by atomic mass is 10.0. The van der Waals surface area contributed by atoms with Crippen LogP contribution in [0.25, 0.3) is 10.9 Å². The lowest BCUT2D eigenvalue weighted by Crippen LogP contribution is -2.51. The Morgan fingerprint density at radius 2 is 1.96 bits per heavy atom. The summed E-state index contributed by atoms with van der Waals surface area (Å²) >= 11 is 0. The molecule has 0 bridgehead atoms. The fourth-order valence-corrected chi connectivity index (χ4v) is 4.25. The van der Waals surface area contributed by atoms with Gasteiger partial charge in [-0.25, -0.2) is 4.79 Å². The molecule has 4 rings (SSSR count). The number of fused-ring (bicyclic) bond motifs is 2. The average Bonchev–Trinajstić information content (AvgIpc) is 3.17. The molecular formula is C21H23N3O4. The van der Waals surface area contributed by atoms with Crippen molar-refractivity contribution in [2.75, 3.05) is 13.2 Å².